The van der Waals surface area contributed by atoms with Crippen LogP contribution in [0.15, 0.2) is 48.5 Å². The Bertz CT molecular complexity index is 829. The van der Waals surface area contributed by atoms with Gasteiger partial charge in [0, 0.05) is 37.7 Å². The highest BCUT2D eigenvalue weighted by Gasteiger charge is 2.12. The van der Waals surface area contributed by atoms with Crippen LogP contribution in [0.5, 0.6) is 0 Å². The van der Waals surface area contributed by atoms with Crippen LogP contribution in [-0.2, 0) is 4.79 Å². The number of carbonyl (C=O) groups is 3. The molecule has 0 fully saturated rings. The standard InChI is InChI=1S/C20H21F2N3O3/c21-15-8-9-16(17(22)13-15)20(28)24-10-4-7-18(26)23-11-12-25-19(27)14-5-2-1-3-6-14/h1-3,5-6,8-9,13H,4,7,10-12H2,(H,23,26)(H,24,28)(H,25,27). The number of hydrogen-bond donors (Lipinski definition) is 3. The van der Waals surface area contributed by atoms with E-state index in [0.29, 0.717) is 24.6 Å². The van der Waals surface area contributed by atoms with Gasteiger partial charge in [-0.15, -0.1) is 0 Å². The van der Waals surface area contributed by atoms with Gasteiger partial charge < -0.3 is 16.0 Å². The van der Waals surface area contributed by atoms with E-state index >= 15 is 0 Å². The van der Waals surface area contributed by atoms with Gasteiger partial charge in [0.15, 0.2) is 0 Å². The van der Waals surface area contributed by atoms with E-state index in [1.807, 2.05) is 6.07 Å². The van der Waals surface area contributed by atoms with E-state index in [9.17, 15) is 23.2 Å². The lowest BCUT2D eigenvalue weighted by molar-refractivity contribution is -0.121. The molecule has 0 saturated heterocycles. The summed E-state index contributed by atoms with van der Waals surface area (Å²) in [6, 6.07) is 11.4. The molecule has 0 saturated carbocycles. The van der Waals surface area contributed by atoms with Crippen LogP contribution >= 0.6 is 0 Å². The summed E-state index contributed by atoms with van der Waals surface area (Å²) in [4.78, 5) is 35.3. The molecule has 2 aromatic rings. The van der Waals surface area contributed by atoms with Gasteiger partial charge in [-0.05, 0) is 30.7 Å². The van der Waals surface area contributed by atoms with Crippen molar-refractivity contribution in [2.24, 2.45) is 0 Å². The third kappa shape index (κ3) is 6.79. The zero-order valence-electron chi connectivity index (χ0n) is 15.1. The molecule has 0 aromatic heterocycles. The lowest BCUT2D eigenvalue weighted by Crippen LogP contribution is -2.35. The Morgan fingerprint density at radius 1 is 0.786 bits per heavy atom. The van der Waals surface area contributed by atoms with Gasteiger partial charge in [0.05, 0.1) is 5.56 Å². The van der Waals surface area contributed by atoms with Gasteiger partial charge in [0.2, 0.25) is 5.91 Å². The summed E-state index contributed by atoms with van der Waals surface area (Å²) in [7, 11) is 0. The molecule has 0 bridgehead atoms. The Balaban J connectivity index is 1.57. The maximum Gasteiger partial charge on any atom is 0.254 e. The monoisotopic (exact) mass is 389 g/mol. The second-order valence-electron chi connectivity index (χ2n) is 5.96. The van der Waals surface area contributed by atoms with Crippen LogP contribution in [0.1, 0.15) is 33.6 Å². The Hall–Kier alpha value is -3.29. The van der Waals surface area contributed by atoms with Crippen molar-refractivity contribution in [3.63, 3.8) is 0 Å². The molecule has 0 radical (unpaired) electrons. The summed E-state index contributed by atoms with van der Waals surface area (Å²) in [5, 5.41) is 7.82. The van der Waals surface area contributed by atoms with Gasteiger partial charge in [-0.3, -0.25) is 14.4 Å². The van der Waals surface area contributed by atoms with Gasteiger partial charge in [0.25, 0.3) is 11.8 Å². The van der Waals surface area contributed by atoms with Gasteiger partial charge in [-0.25, -0.2) is 8.78 Å². The van der Waals surface area contributed by atoms with Crippen LogP contribution in [0.3, 0.4) is 0 Å². The molecule has 0 aliphatic carbocycles. The first-order valence-corrected chi connectivity index (χ1v) is 8.80. The molecule has 3 N–H and O–H groups in total. The summed E-state index contributed by atoms with van der Waals surface area (Å²) in [6.45, 7) is 0.748. The number of amides is 3. The van der Waals surface area contributed by atoms with E-state index in [1.165, 1.54) is 0 Å². The highest BCUT2D eigenvalue weighted by atomic mass is 19.1. The van der Waals surface area contributed by atoms with Crippen LogP contribution in [0.4, 0.5) is 8.78 Å². The second-order valence-corrected chi connectivity index (χ2v) is 5.96. The quantitative estimate of drug-likeness (QED) is 0.574. The average molecular weight is 389 g/mol. The summed E-state index contributed by atoms with van der Waals surface area (Å²) in [5.74, 6) is -2.80. The fourth-order valence-corrected chi connectivity index (χ4v) is 2.38. The maximum absolute atomic E-state index is 13.5. The molecule has 8 heteroatoms. The van der Waals surface area contributed by atoms with Gasteiger partial charge in [-0.2, -0.15) is 0 Å². The van der Waals surface area contributed by atoms with Gasteiger partial charge >= 0.3 is 0 Å². The van der Waals surface area contributed by atoms with E-state index in [-0.39, 0.29) is 36.9 Å². The minimum atomic E-state index is -0.937. The molecule has 2 aromatic carbocycles. The first-order chi connectivity index (χ1) is 13.5. The van der Waals surface area contributed by atoms with Gasteiger partial charge in [-0.1, -0.05) is 18.2 Å². The molecule has 0 atom stereocenters. The number of benzene rings is 2. The van der Waals surface area contributed by atoms with Crippen LogP contribution in [0, 0.1) is 11.6 Å². The van der Waals surface area contributed by atoms with Crippen LogP contribution in [-0.4, -0.2) is 37.4 Å². The predicted molar refractivity (Wildman–Crippen MR) is 99.7 cm³/mol. The SMILES string of the molecule is O=C(CCCNC(=O)c1ccc(F)cc1F)NCCNC(=O)c1ccccc1. The fourth-order valence-electron chi connectivity index (χ4n) is 2.38. The van der Waals surface area contributed by atoms with Crippen molar-refractivity contribution in [1.82, 2.24) is 16.0 Å². The number of hydrogen-bond acceptors (Lipinski definition) is 3. The zero-order valence-corrected chi connectivity index (χ0v) is 15.1. The summed E-state index contributed by atoms with van der Waals surface area (Å²) in [5.41, 5.74) is 0.294. The Kier molecular flexibility index (Phi) is 8.08. The lowest BCUT2D eigenvalue weighted by atomic mass is 10.2. The minimum absolute atomic E-state index is 0.165. The van der Waals surface area contributed by atoms with E-state index in [2.05, 4.69) is 16.0 Å². The van der Waals surface area contributed by atoms with E-state index < -0.39 is 17.5 Å². The van der Waals surface area contributed by atoms with Crippen molar-refractivity contribution in [2.75, 3.05) is 19.6 Å². The van der Waals surface area contributed by atoms with Crippen molar-refractivity contribution in [3.05, 3.63) is 71.3 Å². The molecule has 28 heavy (non-hydrogen) atoms. The van der Waals surface area contributed by atoms with Gasteiger partial charge in [0.1, 0.15) is 11.6 Å². The molecule has 0 spiro atoms. The predicted octanol–water partition coefficient (Wildman–Crippen LogP) is 2.02. The fraction of sp³-hybridized carbons (Fsp3) is 0.250. The molecule has 0 heterocycles. The first kappa shape index (κ1) is 21.0. The van der Waals surface area contributed by atoms with E-state index in [4.69, 9.17) is 0 Å². The maximum atomic E-state index is 13.5. The summed E-state index contributed by atoms with van der Waals surface area (Å²) in [6.07, 6.45) is 0.523. The molecule has 2 rings (SSSR count). The van der Waals surface area contributed by atoms with Crippen LogP contribution in [0.2, 0.25) is 0 Å². The topological polar surface area (TPSA) is 87.3 Å². The Morgan fingerprint density at radius 3 is 2.18 bits per heavy atom. The summed E-state index contributed by atoms with van der Waals surface area (Å²) >= 11 is 0. The minimum Gasteiger partial charge on any atom is -0.354 e. The molecule has 3 amide bonds. The van der Waals surface area contributed by atoms with Crippen LogP contribution in [0.25, 0.3) is 0 Å². The smallest absolute Gasteiger partial charge is 0.254 e. The molecule has 0 aliphatic rings. The third-order valence-corrected chi connectivity index (χ3v) is 3.81. The number of rotatable bonds is 9. The Labute approximate surface area is 161 Å². The number of nitrogens with one attached hydrogen (secondary N) is 3. The highest BCUT2D eigenvalue weighted by molar-refractivity contribution is 5.94. The highest BCUT2D eigenvalue weighted by Crippen LogP contribution is 2.09. The third-order valence-electron chi connectivity index (χ3n) is 3.81. The van der Waals surface area contributed by atoms with E-state index in [1.54, 1.807) is 24.3 Å². The average Bonchev–Trinajstić information content (AvgIpc) is 2.69. The van der Waals surface area contributed by atoms with Crippen molar-refractivity contribution in [3.8, 4) is 0 Å². The summed E-state index contributed by atoms with van der Waals surface area (Å²) < 4.78 is 26.3. The van der Waals surface area contributed by atoms with Crippen molar-refractivity contribution in [2.45, 2.75) is 12.8 Å². The molecule has 148 valence electrons. The largest absolute Gasteiger partial charge is 0.354 e. The van der Waals surface area contributed by atoms with E-state index in [0.717, 1.165) is 12.1 Å². The normalized spacial score (nSPS) is 10.2. The lowest BCUT2D eigenvalue weighted by Gasteiger charge is -2.08. The van der Waals surface area contributed by atoms with Crippen molar-refractivity contribution >= 4 is 17.7 Å². The van der Waals surface area contributed by atoms with Crippen molar-refractivity contribution < 1.29 is 23.2 Å². The molecular weight excluding hydrogens is 368 g/mol. The first-order valence-electron chi connectivity index (χ1n) is 8.80. The molecule has 0 aliphatic heterocycles. The number of halogens is 2. The number of carbonyl (C=O) groups excluding carboxylic acids is 3. The van der Waals surface area contributed by atoms with Crippen LogP contribution < -0.4 is 16.0 Å². The molecule has 0 unspecified atom stereocenters. The molecular formula is C20H21F2N3O3. The van der Waals surface area contributed by atoms with Crippen molar-refractivity contribution in [1.29, 1.82) is 0 Å². The Morgan fingerprint density at radius 2 is 1.46 bits per heavy atom. The zero-order chi connectivity index (χ0) is 20.4. The second kappa shape index (κ2) is 10.8. The molecule has 6 nitrogen and oxygen atoms in total.